The minimum absolute atomic E-state index is 0.0670. The minimum atomic E-state index is -0.0670. The first-order chi connectivity index (χ1) is 12.7. The molecule has 0 bridgehead atoms. The van der Waals surface area contributed by atoms with Crippen molar-refractivity contribution in [1.82, 2.24) is 24.8 Å². The zero-order chi connectivity index (χ0) is 17.7. The number of oxazole rings is 1. The van der Waals surface area contributed by atoms with Gasteiger partial charge in [-0.2, -0.15) is 0 Å². The maximum absolute atomic E-state index is 12.9. The van der Waals surface area contributed by atoms with E-state index in [1.165, 1.54) is 6.39 Å². The van der Waals surface area contributed by atoms with Gasteiger partial charge in [0.25, 0.3) is 5.91 Å². The number of aryl methyl sites for hydroxylation is 1. The van der Waals surface area contributed by atoms with Crippen LogP contribution in [0.2, 0.25) is 0 Å². The number of nitrogens with zero attached hydrogens (tertiary/aromatic N) is 5. The van der Waals surface area contributed by atoms with E-state index in [1.54, 1.807) is 13.3 Å². The maximum atomic E-state index is 12.9. The largest absolute Gasteiger partial charge is 0.438 e. The molecule has 3 aromatic heterocycles. The lowest BCUT2D eigenvalue weighted by Gasteiger charge is -2.25. The lowest BCUT2D eigenvalue weighted by molar-refractivity contribution is 0.0707. The molecule has 2 aliphatic rings. The van der Waals surface area contributed by atoms with E-state index in [-0.39, 0.29) is 11.3 Å². The van der Waals surface area contributed by atoms with Crippen molar-refractivity contribution < 1.29 is 9.21 Å². The Kier molecular flexibility index (Phi) is 3.28. The molecule has 134 valence electrons. The van der Waals surface area contributed by atoms with Gasteiger partial charge in [0.1, 0.15) is 17.8 Å². The van der Waals surface area contributed by atoms with Crippen LogP contribution in [-0.2, 0) is 0 Å². The number of hydrogen-bond donors (Lipinski definition) is 1. The highest BCUT2D eigenvalue weighted by Gasteiger charge is 2.48. The summed E-state index contributed by atoms with van der Waals surface area (Å²) in [6.45, 7) is 4.83. The number of fused-ring (bicyclic) bond motifs is 1. The molecule has 3 aromatic rings. The fourth-order valence-electron chi connectivity index (χ4n) is 3.87. The summed E-state index contributed by atoms with van der Waals surface area (Å²) in [6.07, 6.45) is 7.08. The molecule has 4 heterocycles. The third-order valence-electron chi connectivity index (χ3n) is 5.51. The van der Waals surface area contributed by atoms with Crippen molar-refractivity contribution in [3.63, 3.8) is 0 Å². The predicted molar refractivity (Wildman–Crippen MR) is 94.9 cm³/mol. The molecule has 1 aliphatic carbocycles. The smallest absolute Gasteiger partial charge is 0.291 e. The highest BCUT2D eigenvalue weighted by atomic mass is 16.3. The van der Waals surface area contributed by atoms with Gasteiger partial charge in [-0.25, -0.2) is 15.0 Å². The Morgan fingerprint density at radius 3 is 2.88 bits per heavy atom. The number of rotatable bonds is 2. The Hall–Kier alpha value is -2.90. The first kappa shape index (κ1) is 15.4. The third-order valence-corrected chi connectivity index (χ3v) is 5.51. The van der Waals surface area contributed by atoms with Crippen LogP contribution in [0.25, 0.3) is 11.0 Å². The van der Waals surface area contributed by atoms with Gasteiger partial charge in [0, 0.05) is 37.8 Å². The van der Waals surface area contributed by atoms with Gasteiger partial charge in [-0.15, -0.1) is 0 Å². The SMILES string of the molecule is Cc1ncoc1C(=O)N1CCN(c2ncnc3[nH]ccc23)CC2(CC2)C1. The molecule has 2 fully saturated rings. The van der Waals surface area contributed by atoms with Crippen molar-refractivity contribution in [2.24, 2.45) is 5.41 Å². The second-order valence-corrected chi connectivity index (χ2v) is 7.35. The fourth-order valence-corrected chi connectivity index (χ4v) is 3.87. The zero-order valence-corrected chi connectivity index (χ0v) is 14.6. The van der Waals surface area contributed by atoms with Gasteiger partial charge in [0.2, 0.25) is 5.76 Å². The van der Waals surface area contributed by atoms with E-state index in [0.29, 0.717) is 18.0 Å². The van der Waals surface area contributed by atoms with Crippen LogP contribution in [0.15, 0.2) is 29.4 Å². The molecule has 1 N–H and O–H groups in total. The highest BCUT2D eigenvalue weighted by Crippen LogP contribution is 2.48. The molecule has 5 rings (SSSR count). The van der Waals surface area contributed by atoms with Crippen LogP contribution < -0.4 is 4.90 Å². The molecular weight excluding hydrogens is 332 g/mol. The Balaban J connectivity index is 1.45. The van der Waals surface area contributed by atoms with Crippen LogP contribution in [0.1, 0.15) is 29.1 Å². The Morgan fingerprint density at radius 2 is 2.12 bits per heavy atom. The number of carbonyl (C=O) groups is 1. The number of amides is 1. The van der Waals surface area contributed by atoms with Crippen LogP contribution in [0.3, 0.4) is 0 Å². The first-order valence-corrected chi connectivity index (χ1v) is 8.88. The Labute approximate surface area is 150 Å². The van der Waals surface area contributed by atoms with Crippen LogP contribution in [0.5, 0.6) is 0 Å². The Morgan fingerprint density at radius 1 is 1.23 bits per heavy atom. The van der Waals surface area contributed by atoms with E-state index in [0.717, 1.165) is 49.3 Å². The third kappa shape index (κ3) is 2.44. The lowest BCUT2D eigenvalue weighted by Crippen LogP contribution is -2.36. The van der Waals surface area contributed by atoms with Gasteiger partial charge in [-0.1, -0.05) is 0 Å². The van der Waals surface area contributed by atoms with Crippen LogP contribution in [-0.4, -0.2) is 56.9 Å². The molecule has 26 heavy (non-hydrogen) atoms. The highest BCUT2D eigenvalue weighted by molar-refractivity contribution is 5.92. The topological polar surface area (TPSA) is 91.2 Å². The van der Waals surface area contributed by atoms with Gasteiger partial charge in [-0.05, 0) is 25.8 Å². The monoisotopic (exact) mass is 352 g/mol. The second-order valence-electron chi connectivity index (χ2n) is 7.35. The van der Waals surface area contributed by atoms with E-state index >= 15 is 0 Å². The van der Waals surface area contributed by atoms with Crippen LogP contribution >= 0.6 is 0 Å². The fraction of sp³-hybridized carbons (Fsp3) is 0.444. The lowest BCUT2D eigenvalue weighted by atomic mass is 10.1. The average molecular weight is 352 g/mol. The molecule has 0 atom stereocenters. The Bertz CT molecular complexity index is 973. The molecule has 1 saturated heterocycles. The molecule has 0 unspecified atom stereocenters. The number of H-pyrrole nitrogens is 1. The number of aromatic amines is 1. The quantitative estimate of drug-likeness (QED) is 0.758. The van der Waals surface area contributed by atoms with Gasteiger partial charge in [0.05, 0.1) is 11.1 Å². The summed E-state index contributed by atoms with van der Waals surface area (Å²) in [7, 11) is 0. The summed E-state index contributed by atoms with van der Waals surface area (Å²) in [5, 5.41) is 1.02. The van der Waals surface area contributed by atoms with E-state index in [2.05, 4.69) is 24.8 Å². The molecule has 8 heteroatoms. The van der Waals surface area contributed by atoms with E-state index in [1.807, 2.05) is 17.2 Å². The van der Waals surface area contributed by atoms with Crippen LogP contribution in [0, 0.1) is 12.3 Å². The zero-order valence-electron chi connectivity index (χ0n) is 14.6. The number of nitrogens with one attached hydrogen (secondary N) is 1. The summed E-state index contributed by atoms with van der Waals surface area (Å²) >= 11 is 0. The summed E-state index contributed by atoms with van der Waals surface area (Å²) < 4.78 is 5.33. The van der Waals surface area contributed by atoms with E-state index < -0.39 is 0 Å². The van der Waals surface area contributed by atoms with Crippen molar-refractivity contribution in [2.45, 2.75) is 19.8 Å². The summed E-state index contributed by atoms with van der Waals surface area (Å²) in [4.78, 5) is 33.1. The standard InChI is InChI=1S/C18H20N6O2/c1-12-14(26-11-22-12)17(25)24-7-6-23(8-18(9-24)3-4-18)16-13-2-5-19-15(13)20-10-21-16/h2,5,10-11H,3-4,6-9H2,1H3,(H,19,20,21). The molecule has 1 saturated carbocycles. The van der Waals surface area contributed by atoms with Crippen LogP contribution in [0.4, 0.5) is 5.82 Å². The van der Waals surface area contributed by atoms with E-state index in [9.17, 15) is 4.79 Å². The predicted octanol–water partition coefficient (Wildman–Crippen LogP) is 2.00. The van der Waals surface area contributed by atoms with Crippen molar-refractivity contribution in [3.05, 3.63) is 36.4 Å². The van der Waals surface area contributed by atoms with Gasteiger partial charge in [-0.3, -0.25) is 4.79 Å². The number of hydrogen-bond acceptors (Lipinski definition) is 6. The van der Waals surface area contributed by atoms with Crippen molar-refractivity contribution in [1.29, 1.82) is 0 Å². The molecule has 1 spiro atoms. The molecule has 1 aliphatic heterocycles. The van der Waals surface area contributed by atoms with E-state index in [4.69, 9.17) is 4.42 Å². The summed E-state index contributed by atoms with van der Waals surface area (Å²) in [6, 6.07) is 2.01. The molecule has 8 nitrogen and oxygen atoms in total. The minimum Gasteiger partial charge on any atom is -0.438 e. The maximum Gasteiger partial charge on any atom is 0.291 e. The second kappa shape index (κ2) is 5.55. The first-order valence-electron chi connectivity index (χ1n) is 8.88. The molecule has 1 amide bonds. The summed E-state index contributed by atoms with van der Waals surface area (Å²) in [5.74, 6) is 1.22. The van der Waals surface area contributed by atoms with Gasteiger partial charge < -0.3 is 19.2 Å². The molecule has 0 aromatic carbocycles. The molecule has 0 radical (unpaired) electrons. The van der Waals surface area contributed by atoms with Crippen molar-refractivity contribution >= 4 is 22.8 Å². The average Bonchev–Trinajstić information content (AvgIpc) is 3.06. The number of carbonyl (C=O) groups excluding carboxylic acids is 1. The van der Waals surface area contributed by atoms with Gasteiger partial charge >= 0.3 is 0 Å². The van der Waals surface area contributed by atoms with Crippen molar-refractivity contribution in [3.8, 4) is 0 Å². The number of aromatic nitrogens is 4. The summed E-state index contributed by atoms with van der Waals surface area (Å²) in [5.41, 5.74) is 1.63. The number of anilines is 1. The van der Waals surface area contributed by atoms with Crippen molar-refractivity contribution in [2.75, 3.05) is 31.1 Å². The molecular formula is C18H20N6O2. The van der Waals surface area contributed by atoms with Gasteiger partial charge in [0.15, 0.2) is 6.39 Å². The normalized spacial score (nSPS) is 19.1.